The van der Waals surface area contributed by atoms with Crippen molar-refractivity contribution in [2.75, 3.05) is 38.3 Å². The first kappa shape index (κ1) is 29.6. The minimum atomic E-state index is -0.580. The van der Waals surface area contributed by atoms with Gasteiger partial charge in [-0.3, -0.25) is 4.90 Å². The maximum Gasteiger partial charge on any atom is 0.351 e. The summed E-state index contributed by atoms with van der Waals surface area (Å²) in [6.07, 6.45) is 1.65. The Labute approximate surface area is 245 Å². The Morgan fingerprint density at radius 1 is 1.10 bits per heavy atom. The summed E-state index contributed by atoms with van der Waals surface area (Å²) in [7, 11) is 1.29. The van der Waals surface area contributed by atoms with Crippen molar-refractivity contribution in [2.24, 2.45) is 0 Å². The lowest BCUT2D eigenvalue weighted by Crippen LogP contribution is -2.50. The van der Waals surface area contributed by atoms with Crippen LogP contribution >= 0.6 is 27.3 Å². The number of esters is 2. The van der Waals surface area contributed by atoms with E-state index < -0.39 is 11.9 Å². The average Bonchev–Trinajstić information content (AvgIpc) is 3.32. The number of nitrogens with zero attached hydrogens (tertiary/aromatic N) is 1. The molecule has 0 unspecified atom stereocenters. The summed E-state index contributed by atoms with van der Waals surface area (Å²) in [4.78, 5) is 40.8. The van der Waals surface area contributed by atoms with Crippen molar-refractivity contribution < 1.29 is 28.6 Å². The van der Waals surface area contributed by atoms with Gasteiger partial charge in [-0.05, 0) is 72.0 Å². The molecule has 0 aliphatic carbocycles. The smallest absolute Gasteiger partial charge is 0.351 e. The van der Waals surface area contributed by atoms with Gasteiger partial charge in [0, 0.05) is 18.3 Å². The molecule has 1 aliphatic rings. The molecule has 1 saturated heterocycles. The zero-order valence-electron chi connectivity index (χ0n) is 22.4. The van der Waals surface area contributed by atoms with Crippen molar-refractivity contribution in [2.45, 2.75) is 32.4 Å². The number of amides is 2. The van der Waals surface area contributed by atoms with Crippen LogP contribution in [0.2, 0.25) is 0 Å². The van der Waals surface area contributed by atoms with Crippen molar-refractivity contribution in [1.82, 2.24) is 10.6 Å². The third kappa shape index (κ3) is 7.21. The van der Waals surface area contributed by atoms with Gasteiger partial charge in [-0.2, -0.15) is 0 Å². The summed E-state index contributed by atoms with van der Waals surface area (Å²) in [5, 5.41) is 6.44. The second-order valence-corrected chi connectivity index (χ2v) is 10.8. The third-order valence-electron chi connectivity index (χ3n) is 6.39. The monoisotopic (exact) mass is 629 g/mol. The molecule has 11 heteroatoms. The lowest BCUT2D eigenvalue weighted by atomic mass is 10.0. The van der Waals surface area contributed by atoms with E-state index in [1.165, 1.54) is 18.4 Å². The predicted molar refractivity (Wildman–Crippen MR) is 158 cm³/mol. The Morgan fingerprint density at radius 3 is 2.55 bits per heavy atom. The number of thiophene rings is 1. The van der Waals surface area contributed by atoms with Gasteiger partial charge in [0.25, 0.3) is 0 Å². The molecule has 9 nitrogen and oxygen atoms in total. The van der Waals surface area contributed by atoms with Crippen LogP contribution in [-0.4, -0.2) is 57.4 Å². The number of nitrogens with one attached hydrogen (secondary N) is 2. The molecule has 2 heterocycles. The van der Waals surface area contributed by atoms with Crippen molar-refractivity contribution in [3.05, 3.63) is 69.5 Å². The first-order valence-corrected chi connectivity index (χ1v) is 14.6. The second kappa shape index (κ2) is 14.3. The van der Waals surface area contributed by atoms with Crippen LogP contribution < -0.4 is 20.3 Å². The maximum absolute atomic E-state index is 13.6. The molecule has 0 atom stereocenters. The molecule has 1 fully saturated rings. The minimum absolute atomic E-state index is 0.0214. The first-order chi connectivity index (χ1) is 19.4. The van der Waals surface area contributed by atoms with Crippen LogP contribution in [0.3, 0.4) is 0 Å². The van der Waals surface area contributed by atoms with Gasteiger partial charge in [0.1, 0.15) is 0 Å². The Kier molecular flexibility index (Phi) is 10.6. The topological polar surface area (TPSA) is 106 Å². The molecule has 40 heavy (non-hydrogen) atoms. The zero-order valence-corrected chi connectivity index (χ0v) is 24.8. The lowest BCUT2D eigenvalue weighted by Gasteiger charge is -2.35. The largest absolute Gasteiger partial charge is 0.479 e. The summed E-state index contributed by atoms with van der Waals surface area (Å²) >= 11 is 4.75. The van der Waals surface area contributed by atoms with Crippen LogP contribution in [0.5, 0.6) is 5.75 Å². The van der Waals surface area contributed by atoms with Crippen molar-refractivity contribution in [1.29, 1.82) is 0 Å². The third-order valence-corrected chi connectivity index (χ3v) is 8.60. The molecule has 212 valence electrons. The number of piperidine rings is 1. The summed E-state index contributed by atoms with van der Waals surface area (Å²) in [5.41, 5.74) is 2.53. The van der Waals surface area contributed by atoms with Gasteiger partial charge in [-0.25, -0.2) is 14.4 Å². The molecule has 2 amide bonds. The summed E-state index contributed by atoms with van der Waals surface area (Å²) in [6.45, 7) is 3.65. The van der Waals surface area contributed by atoms with Gasteiger partial charge < -0.3 is 24.8 Å². The normalized spacial score (nSPS) is 13.4. The second-order valence-electron chi connectivity index (χ2n) is 9.03. The number of benzene rings is 2. The summed E-state index contributed by atoms with van der Waals surface area (Å²) < 4.78 is 16.1. The minimum Gasteiger partial charge on any atom is -0.479 e. The van der Waals surface area contributed by atoms with E-state index in [-0.39, 0.29) is 35.9 Å². The van der Waals surface area contributed by atoms with E-state index in [0.29, 0.717) is 15.9 Å². The number of urea groups is 1. The number of anilines is 1. The van der Waals surface area contributed by atoms with E-state index in [1.54, 1.807) is 6.92 Å². The fourth-order valence-corrected chi connectivity index (χ4v) is 6.45. The van der Waals surface area contributed by atoms with E-state index in [9.17, 15) is 14.4 Å². The number of rotatable bonds is 10. The quantitative estimate of drug-likeness (QED) is 0.290. The van der Waals surface area contributed by atoms with E-state index in [2.05, 4.69) is 26.6 Å². The highest BCUT2D eigenvalue weighted by Crippen LogP contribution is 2.46. The van der Waals surface area contributed by atoms with E-state index >= 15 is 0 Å². The fraction of sp³-hybridized carbons (Fsp3) is 0.345. The molecule has 0 radical (unpaired) electrons. The van der Waals surface area contributed by atoms with E-state index in [1.807, 2.05) is 59.5 Å². The van der Waals surface area contributed by atoms with E-state index in [4.69, 9.17) is 14.2 Å². The van der Waals surface area contributed by atoms with Gasteiger partial charge in [0.15, 0.2) is 17.2 Å². The Hall–Kier alpha value is -3.41. The van der Waals surface area contributed by atoms with Gasteiger partial charge in [0.05, 0.1) is 23.1 Å². The van der Waals surface area contributed by atoms with Crippen LogP contribution in [0.15, 0.2) is 59.1 Å². The SMILES string of the molecule is CCOC(=O)COc1c(C(=O)OC)sc(-c2cccc(N(C(=O)NCc3ccccc3)C3CCNCC3)c2)c1Br. The highest BCUT2D eigenvalue weighted by atomic mass is 79.9. The van der Waals surface area contributed by atoms with Gasteiger partial charge in [0.2, 0.25) is 0 Å². The van der Waals surface area contributed by atoms with Crippen molar-refractivity contribution >= 4 is 50.9 Å². The highest BCUT2D eigenvalue weighted by Gasteiger charge is 2.29. The molecule has 2 N–H and O–H groups in total. The number of carbonyl (C=O) groups excluding carboxylic acids is 3. The molecule has 3 aromatic rings. The number of methoxy groups -OCH3 is 1. The summed E-state index contributed by atoms with van der Waals surface area (Å²) in [5.74, 6) is -0.913. The fourth-order valence-electron chi connectivity index (χ4n) is 4.49. The number of hydrogen-bond donors (Lipinski definition) is 2. The highest BCUT2D eigenvalue weighted by molar-refractivity contribution is 9.10. The van der Waals surface area contributed by atoms with Gasteiger partial charge in [-0.15, -0.1) is 11.3 Å². The van der Waals surface area contributed by atoms with Crippen LogP contribution in [0.25, 0.3) is 10.4 Å². The number of halogens is 1. The van der Waals surface area contributed by atoms with Crippen LogP contribution in [0.1, 0.15) is 35.0 Å². The molecule has 0 bridgehead atoms. The van der Waals surface area contributed by atoms with Crippen LogP contribution in [0.4, 0.5) is 10.5 Å². The lowest BCUT2D eigenvalue weighted by molar-refractivity contribution is -0.145. The molecule has 1 aromatic heterocycles. The standard InChI is InChI=1S/C29H32BrN3O6S/c1-3-38-23(34)18-39-25-24(30)26(40-27(25)28(35)37-2)20-10-7-11-22(16-20)33(21-12-14-31-15-13-21)29(36)32-17-19-8-5-4-6-9-19/h4-11,16,21,31H,3,12-15,17-18H2,1-2H3,(H,32,36). The van der Waals surface area contributed by atoms with Crippen molar-refractivity contribution in [3.8, 4) is 16.2 Å². The van der Waals surface area contributed by atoms with Crippen LogP contribution in [0, 0.1) is 0 Å². The van der Waals surface area contributed by atoms with Gasteiger partial charge >= 0.3 is 18.0 Å². The van der Waals surface area contributed by atoms with E-state index in [0.717, 1.165) is 42.7 Å². The molecule has 0 saturated carbocycles. The molecule has 2 aromatic carbocycles. The zero-order chi connectivity index (χ0) is 28.5. The number of hydrogen-bond acceptors (Lipinski definition) is 8. The molecular formula is C29H32BrN3O6S. The van der Waals surface area contributed by atoms with Gasteiger partial charge in [-0.1, -0.05) is 42.5 Å². The van der Waals surface area contributed by atoms with Crippen molar-refractivity contribution in [3.63, 3.8) is 0 Å². The molecule has 0 spiro atoms. The molecule has 1 aliphatic heterocycles. The number of ether oxygens (including phenoxy) is 3. The number of carbonyl (C=O) groups is 3. The summed E-state index contributed by atoms with van der Waals surface area (Å²) in [6, 6.07) is 17.3. The molecule has 4 rings (SSSR count). The Morgan fingerprint density at radius 2 is 1.85 bits per heavy atom. The maximum atomic E-state index is 13.6. The molecular weight excluding hydrogens is 598 g/mol. The van der Waals surface area contributed by atoms with Crippen LogP contribution in [-0.2, 0) is 20.8 Å². The predicted octanol–water partition coefficient (Wildman–Crippen LogP) is 5.37. The Bertz CT molecular complexity index is 1330. The average molecular weight is 631 g/mol. The first-order valence-electron chi connectivity index (χ1n) is 13.0. The Balaban J connectivity index is 1.65.